The molecule has 0 saturated heterocycles. The molecule has 0 amide bonds. The highest BCUT2D eigenvalue weighted by Crippen LogP contribution is 2.37. The number of hydrogen-bond donors (Lipinski definition) is 1. The second kappa shape index (κ2) is 3.69. The van der Waals surface area contributed by atoms with Crippen molar-refractivity contribution in [3.05, 3.63) is 0 Å². The van der Waals surface area contributed by atoms with Gasteiger partial charge in [0.1, 0.15) is 0 Å². The van der Waals surface area contributed by atoms with Gasteiger partial charge in [0.15, 0.2) is 5.17 Å². The van der Waals surface area contributed by atoms with Crippen molar-refractivity contribution in [1.29, 1.82) is 0 Å². The number of thioether (sulfide) groups is 1. The van der Waals surface area contributed by atoms with Gasteiger partial charge in [-0.25, -0.2) is 0 Å². The van der Waals surface area contributed by atoms with E-state index >= 15 is 0 Å². The molecule has 1 aliphatic heterocycles. The summed E-state index contributed by atoms with van der Waals surface area (Å²) in [5, 5.41) is 5.43. The van der Waals surface area contributed by atoms with Crippen LogP contribution in [0.4, 0.5) is 0 Å². The Bertz CT molecular complexity index is 274. The number of aliphatic imine (C=N–C) groups is 1. The summed E-state index contributed by atoms with van der Waals surface area (Å²) in [6, 6.07) is 0. The van der Waals surface area contributed by atoms with Crippen molar-refractivity contribution in [3.8, 4) is 0 Å². The molecule has 0 aromatic carbocycles. The summed E-state index contributed by atoms with van der Waals surface area (Å²) >= 11 is 1.94. The molecule has 1 aliphatic carbocycles. The molecular formula is C12H22N2S. The first-order valence-corrected chi connectivity index (χ1v) is 6.74. The zero-order valence-corrected chi connectivity index (χ0v) is 11.1. The summed E-state index contributed by atoms with van der Waals surface area (Å²) < 4.78 is 0. The lowest BCUT2D eigenvalue weighted by atomic mass is 9.90. The van der Waals surface area contributed by atoms with Crippen molar-refractivity contribution in [3.63, 3.8) is 0 Å². The van der Waals surface area contributed by atoms with Crippen LogP contribution in [-0.2, 0) is 0 Å². The van der Waals surface area contributed by atoms with E-state index in [2.05, 4.69) is 38.0 Å². The van der Waals surface area contributed by atoms with E-state index in [0.29, 0.717) is 16.2 Å². The van der Waals surface area contributed by atoms with Gasteiger partial charge in [0.05, 0.1) is 6.54 Å². The summed E-state index contributed by atoms with van der Waals surface area (Å²) in [5.74, 6) is 0. The normalized spacial score (nSPS) is 28.8. The lowest BCUT2D eigenvalue weighted by Gasteiger charge is -2.22. The van der Waals surface area contributed by atoms with Gasteiger partial charge in [0.2, 0.25) is 0 Å². The molecule has 0 aromatic rings. The topological polar surface area (TPSA) is 24.4 Å². The predicted molar refractivity (Wildman–Crippen MR) is 68.5 cm³/mol. The second-order valence-corrected chi connectivity index (χ2v) is 7.63. The van der Waals surface area contributed by atoms with E-state index in [1.165, 1.54) is 24.4 Å². The summed E-state index contributed by atoms with van der Waals surface area (Å²) in [6.45, 7) is 10.2. The Balaban J connectivity index is 1.78. The van der Waals surface area contributed by atoms with Crippen molar-refractivity contribution in [2.45, 2.75) is 57.7 Å². The minimum atomic E-state index is 0.377. The van der Waals surface area contributed by atoms with Crippen LogP contribution in [0.3, 0.4) is 0 Å². The zero-order chi connectivity index (χ0) is 11.1. The fourth-order valence-corrected chi connectivity index (χ4v) is 3.35. The molecule has 2 rings (SSSR count). The van der Waals surface area contributed by atoms with Crippen molar-refractivity contribution in [1.82, 2.24) is 5.32 Å². The molecule has 0 radical (unpaired) electrons. The fraction of sp³-hybridized carbons (Fsp3) is 0.917. The Hall–Kier alpha value is -0.180. The molecule has 0 aromatic heterocycles. The highest BCUT2D eigenvalue weighted by Gasteiger charge is 2.39. The number of rotatable bonds is 2. The Morgan fingerprint density at radius 1 is 1.47 bits per heavy atom. The van der Waals surface area contributed by atoms with Gasteiger partial charge in [-0.3, -0.25) is 4.99 Å². The van der Waals surface area contributed by atoms with Gasteiger partial charge in [0, 0.05) is 10.8 Å². The van der Waals surface area contributed by atoms with Crippen LogP contribution >= 0.6 is 11.8 Å². The molecule has 1 saturated carbocycles. The summed E-state index contributed by atoms with van der Waals surface area (Å²) in [6.07, 6.45) is 3.86. The number of nitrogens with zero attached hydrogens (tertiary/aromatic N) is 1. The van der Waals surface area contributed by atoms with E-state index < -0.39 is 0 Å². The third-order valence-electron chi connectivity index (χ3n) is 2.97. The smallest absolute Gasteiger partial charge is 0.157 e. The lowest BCUT2D eigenvalue weighted by Crippen LogP contribution is -2.31. The maximum atomic E-state index is 4.60. The van der Waals surface area contributed by atoms with Gasteiger partial charge in [-0.05, 0) is 31.6 Å². The van der Waals surface area contributed by atoms with Gasteiger partial charge < -0.3 is 5.32 Å². The van der Waals surface area contributed by atoms with Crippen LogP contribution in [0.5, 0.6) is 0 Å². The van der Waals surface area contributed by atoms with E-state index in [0.717, 1.165) is 6.54 Å². The molecule has 1 heterocycles. The molecule has 1 atom stereocenters. The lowest BCUT2D eigenvalue weighted by molar-refractivity contribution is 0.375. The first kappa shape index (κ1) is 11.3. The molecule has 86 valence electrons. The Labute approximate surface area is 97.3 Å². The van der Waals surface area contributed by atoms with E-state index in [-0.39, 0.29) is 0 Å². The van der Waals surface area contributed by atoms with Crippen molar-refractivity contribution in [2.75, 3.05) is 6.54 Å². The van der Waals surface area contributed by atoms with Crippen molar-refractivity contribution >= 4 is 16.9 Å². The molecule has 1 N–H and O–H groups in total. The molecule has 15 heavy (non-hydrogen) atoms. The van der Waals surface area contributed by atoms with Crippen molar-refractivity contribution < 1.29 is 0 Å². The Morgan fingerprint density at radius 2 is 2.13 bits per heavy atom. The minimum Gasteiger partial charge on any atom is -0.360 e. The summed E-state index contributed by atoms with van der Waals surface area (Å²) in [7, 11) is 0. The predicted octanol–water partition coefficient (Wildman–Crippen LogP) is 3.04. The molecule has 2 nitrogen and oxygen atoms in total. The second-order valence-electron chi connectivity index (χ2n) is 6.34. The zero-order valence-electron chi connectivity index (χ0n) is 10.3. The van der Waals surface area contributed by atoms with Crippen LogP contribution in [0.15, 0.2) is 4.99 Å². The first-order chi connectivity index (χ1) is 6.86. The molecule has 2 aliphatic rings. The van der Waals surface area contributed by atoms with Gasteiger partial charge in [-0.2, -0.15) is 0 Å². The van der Waals surface area contributed by atoms with Gasteiger partial charge in [0.25, 0.3) is 0 Å². The molecule has 0 bridgehead atoms. The largest absolute Gasteiger partial charge is 0.360 e. The molecule has 1 fully saturated rings. The number of amidine groups is 1. The van der Waals surface area contributed by atoms with E-state index in [4.69, 9.17) is 0 Å². The number of nitrogens with one attached hydrogen (secondary N) is 1. The standard InChI is InChI=1S/C12H22N2S/c1-11(2,3)7-9-8-13-10(15-9)14-12(4)5-6-12/h9H,5-8H2,1-4H3,(H,13,14). The third-order valence-corrected chi connectivity index (χ3v) is 4.07. The van der Waals surface area contributed by atoms with Crippen LogP contribution < -0.4 is 5.32 Å². The van der Waals surface area contributed by atoms with Crippen LogP contribution in [0.25, 0.3) is 0 Å². The van der Waals surface area contributed by atoms with E-state index in [9.17, 15) is 0 Å². The van der Waals surface area contributed by atoms with Crippen LogP contribution in [0.1, 0.15) is 47.0 Å². The minimum absolute atomic E-state index is 0.377. The third kappa shape index (κ3) is 3.40. The molecule has 3 heteroatoms. The average Bonchev–Trinajstić information content (AvgIpc) is 2.60. The maximum Gasteiger partial charge on any atom is 0.157 e. The average molecular weight is 226 g/mol. The van der Waals surface area contributed by atoms with Crippen LogP contribution in [-0.4, -0.2) is 22.5 Å². The van der Waals surface area contributed by atoms with E-state index in [1.54, 1.807) is 0 Å². The molecule has 1 unspecified atom stereocenters. The van der Waals surface area contributed by atoms with E-state index in [1.807, 2.05) is 11.8 Å². The summed E-state index contributed by atoms with van der Waals surface area (Å²) in [4.78, 5) is 4.60. The Morgan fingerprint density at radius 3 is 2.67 bits per heavy atom. The molecular weight excluding hydrogens is 204 g/mol. The van der Waals surface area contributed by atoms with Gasteiger partial charge >= 0.3 is 0 Å². The van der Waals surface area contributed by atoms with Crippen LogP contribution in [0, 0.1) is 5.41 Å². The number of hydrogen-bond acceptors (Lipinski definition) is 3. The van der Waals surface area contributed by atoms with Crippen molar-refractivity contribution in [2.24, 2.45) is 10.4 Å². The highest BCUT2D eigenvalue weighted by atomic mass is 32.2. The monoisotopic (exact) mass is 226 g/mol. The summed E-state index contributed by atoms with van der Waals surface area (Å²) in [5.41, 5.74) is 0.800. The van der Waals surface area contributed by atoms with Gasteiger partial charge in [-0.15, -0.1) is 0 Å². The quantitative estimate of drug-likeness (QED) is 0.782. The first-order valence-electron chi connectivity index (χ1n) is 5.86. The highest BCUT2D eigenvalue weighted by molar-refractivity contribution is 8.14. The Kier molecular flexibility index (Phi) is 2.78. The fourth-order valence-electron chi connectivity index (χ4n) is 1.85. The maximum absolute atomic E-state index is 4.60. The molecule has 0 spiro atoms. The van der Waals surface area contributed by atoms with Crippen LogP contribution in [0.2, 0.25) is 0 Å². The SMILES string of the molecule is CC(C)(C)CC1CN=C(NC2(C)CC2)S1. The van der Waals surface area contributed by atoms with Gasteiger partial charge in [-0.1, -0.05) is 32.5 Å².